The van der Waals surface area contributed by atoms with Crippen molar-refractivity contribution in [2.45, 2.75) is 12.2 Å². The predicted octanol–water partition coefficient (Wildman–Crippen LogP) is 1.31. The Morgan fingerprint density at radius 3 is 2.95 bits per heavy atom. The fraction of sp³-hybridized carbons (Fsp3) is 0.385. The standard InChI is InChI=1S/C13H13F3N4O/c14-13(15,16)10-8-17-2-6-20(10)12(21)9-1-4-19-5-3-18-11(19)7-9/h1,3-5,7,10,17H,2,6,8H2. The van der Waals surface area contributed by atoms with E-state index in [-0.39, 0.29) is 18.7 Å². The molecule has 3 rings (SSSR count). The number of carbonyl (C=O) groups is 1. The number of hydrogen-bond donors (Lipinski definition) is 1. The number of hydrogen-bond acceptors (Lipinski definition) is 3. The monoisotopic (exact) mass is 298 g/mol. The maximum atomic E-state index is 13.0. The number of carbonyl (C=O) groups excluding carboxylic acids is 1. The van der Waals surface area contributed by atoms with E-state index in [0.29, 0.717) is 12.2 Å². The van der Waals surface area contributed by atoms with Crippen molar-refractivity contribution in [3.8, 4) is 0 Å². The molecule has 1 N–H and O–H groups in total. The topological polar surface area (TPSA) is 49.6 Å². The number of nitrogens with zero attached hydrogens (tertiary/aromatic N) is 3. The minimum Gasteiger partial charge on any atom is -0.324 e. The van der Waals surface area contributed by atoms with Crippen LogP contribution in [-0.2, 0) is 0 Å². The molecule has 112 valence electrons. The summed E-state index contributed by atoms with van der Waals surface area (Å²) >= 11 is 0. The van der Waals surface area contributed by atoms with Gasteiger partial charge in [0, 0.05) is 43.8 Å². The Labute approximate surface area is 118 Å². The van der Waals surface area contributed by atoms with E-state index in [1.807, 2.05) is 0 Å². The number of amides is 1. The Bertz CT molecular complexity index is 667. The van der Waals surface area contributed by atoms with Crippen molar-refractivity contribution in [1.29, 1.82) is 0 Å². The molecule has 1 unspecified atom stereocenters. The number of halogens is 3. The highest BCUT2D eigenvalue weighted by atomic mass is 19.4. The second-order valence-electron chi connectivity index (χ2n) is 4.87. The maximum absolute atomic E-state index is 13.0. The van der Waals surface area contributed by atoms with Gasteiger partial charge in [0.05, 0.1) is 0 Å². The average Bonchev–Trinajstić information content (AvgIpc) is 2.93. The highest BCUT2D eigenvalue weighted by Gasteiger charge is 2.46. The number of rotatable bonds is 1. The lowest BCUT2D eigenvalue weighted by molar-refractivity contribution is -0.179. The van der Waals surface area contributed by atoms with Gasteiger partial charge in [-0.2, -0.15) is 13.2 Å². The predicted molar refractivity (Wildman–Crippen MR) is 68.9 cm³/mol. The van der Waals surface area contributed by atoms with Crippen LogP contribution in [0.15, 0.2) is 30.7 Å². The smallest absolute Gasteiger partial charge is 0.324 e. The van der Waals surface area contributed by atoms with E-state index in [2.05, 4.69) is 10.3 Å². The van der Waals surface area contributed by atoms with Crippen LogP contribution in [-0.4, -0.2) is 52.0 Å². The molecule has 0 spiro atoms. The van der Waals surface area contributed by atoms with Gasteiger partial charge in [-0.3, -0.25) is 4.79 Å². The van der Waals surface area contributed by atoms with Crippen LogP contribution in [0.3, 0.4) is 0 Å². The molecule has 1 aliphatic rings. The zero-order valence-electron chi connectivity index (χ0n) is 11.0. The number of imidazole rings is 1. The number of alkyl halides is 3. The molecule has 0 aromatic carbocycles. The van der Waals surface area contributed by atoms with Crippen LogP contribution in [0.25, 0.3) is 5.65 Å². The third-order valence-corrected chi connectivity index (χ3v) is 3.53. The molecule has 1 atom stereocenters. The van der Waals surface area contributed by atoms with Gasteiger partial charge in [-0.1, -0.05) is 0 Å². The number of aromatic nitrogens is 2. The van der Waals surface area contributed by atoms with Crippen molar-refractivity contribution in [2.24, 2.45) is 0 Å². The third-order valence-electron chi connectivity index (χ3n) is 3.53. The summed E-state index contributed by atoms with van der Waals surface area (Å²) in [5.74, 6) is -0.621. The van der Waals surface area contributed by atoms with Gasteiger partial charge in [-0.15, -0.1) is 0 Å². The molecule has 0 aliphatic carbocycles. The first-order valence-electron chi connectivity index (χ1n) is 6.48. The first-order chi connectivity index (χ1) is 9.97. The van der Waals surface area contributed by atoms with Gasteiger partial charge in [0.2, 0.25) is 0 Å². The highest BCUT2D eigenvalue weighted by molar-refractivity contribution is 5.95. The summed E-state index contributed by atoms with van der Waals surface area (Å²) in [7, 11) is 0. The van der Waals surface area contributed by atoms with Crippen LogP contribution in [0, 0.1) is 0 Å². The first-order valence-corrected chi connectivity index (χ1v) is 6.48. The normalized spacial score (nSPS) is 20.0. The Morgan fingerprint density at radius 1 is 1.38 bits per heavy atom. The summed E-state index contributed by atoms with van der Waals surface area (Å²) < 4.78 is 40.8. The maximum Gasteiger partial charge on any atom is 0.410 e. The minimum absolute atomic E-state index is 0.0304. The molecule has 1 aliphatic heterocycles. The Kier molecular flexibility index (Phi) is 3.32. The zero-order chi connectivity index (χ0) is 15.0. The summed E-state index contributed by atoms with van der Waals surface area (Å²) in [6.07, 6.45) is 0.431. The fourth-order valence-electron chi connectivity index (χ4n) is 2.45. The van der Waals surface area contributed by atoms with Crippen molar-refractivity contribution in [3.05, 3.63) is 36.3 Å². The number of pyridine rings is 1. The largest absolute Gasteiger partial charge is 0.410 e. The molecule has 1 saturated heterocycles. The molecule has 0 bridgehead atoms. The average molecular weight is 298 g/mol. The lowest BCUT2D eigenvalue weighted by atomic mass is 10.1. The van der Waals surface area contributed by atoms with E-state index in [0.717, 1.165) is 4.90 Å². The highest BCUT2D eigenvalue weighted by Crippen LogP contribution is 2.27. The van der Waals surface area contributed by atoms with Crippen LogP contribution >= 0.6 is 0 Å². The summed E-state index contributed by atoms with van der Waals surface area (Å²) in [4.78, 5) is 17.3. The van der Waals surface area contributed by atoms with Gasteiger partial charge < -0.3 is 14.6 Å². The summed E-state index contributed by atoms with van der Waals surface area (Å²) in [6.45, 7) is 0.105. The molecule has 1 fully saturated rings. The molecule has 5 nitrogen and oxygen atoms in total. The molecule has 0 radical (unpaired) electrons. The van der Waals surface area contributed by atoms with Gasteiger partial charge in [0.1, 0.15) is 11.7 Å². The van der Waals surface area contributed by atoms with Crippen molar-refractivity contribution in [2.75, 3.05) is 19.6 Å². The van der Waals surface area contributed by atoms with Gasteiger partial charge in [-0.25, -0.2) is 4.98 Å². The lowest BCUT2D eigenvalue weighted by Crippen LogP contribution is -2.59. The number of piperazine rings is 1. The minimum atomic E-state index is -4.44. The van der Waals surface area contributed by atoms with Crippen LogP contribution in [0.2, 0.25) is 0 Å². The fourth-order valence-corrected chi connectivity index (χ4v) is 2.45. The van der Waals surface area contributed by atoms with Crippen molar-refractivity contribution >= 4 is 11.6 Å². The van der Waals surface area contributed by atoms with E-state index in [1.165, 1.54) is 12.1 Å². The molecule has 2 aromatic heterocycles. The van der Waals surface area contributed by atoms with E-state index < -0.39 is 18.1 Å². The van der Waals surface area contributed by atoms with Gasteiger partial charge >= 0.3 is 6.18 Å². The quantitative estimate of drug-likeness (QED) is 0.863. The van der Waals surface area contributed by atoms with Crippen LogP contribution < -0.4 is 5.32 Å². The Morgan fingerprint density at radius 2 is 2.19 bits per heavy atom. The van der Waals surface area contributed by atoms with E-state index >= 15 is 0 Å². The second kappa shape index (κ2) is 5.03. The SMILES string of the molecule is O=C(c1ccn2ccnc2c1)N1CCNCC1C(F)(F)F. The number of fused-ring (bicyclic) bond motifs is 1. The van der Waals surface area contributed by atoms with Gasteiger partial charge in [0.25, 0.3) is 5.91 Å². The van der Waals surface area contributed by atoms with Crippen LogP contribution in [0.5, 0.6) is 0 Å². The molecule has 8 heteroatoms. The summed E-state index contributed by atoms with van der Waals surface area (Å²) in [6, 6.07) is 1.21. The van der Waals surface area contributed by atoms with E-state index in [1.54, 1.807) is 23.0 Å². The lowest BCUT2D eigenvalue weighted by Gasteiger charge is -2.37. The first kappa shape index (κ1) is 13.9. The van der Waals surface area contributed by atoms with Crippen molar-refractivity contribution in [3.63, 3.8) is 0 Å². The molecule has 2 aromatic rings. The third kappa shape index (κ3) is 2.58. The Hall–Kier alpha value is -2.09. The van der Waals surface area contributed by atoms with Gasteiger partial charge in [0.15, 0.2) is 0 Å². The zero-order valence-corrected chi connectivity index (χ0v) is 11.0. The van der Waals surface area contributed by atoms with Gasteiger partial charge in [-0.05, 0) is 12.1 Å². The van der Waals surface area contributed by atoms with E-state index in [4.69, 9.17) is 0 Å². The summed E-state index contributed by atoms with van der Waals surface area (Å²) in [5.41, 5.74) is 0.740. The Balaban J connectivity index is 1.91. The molecular formula is C13H13F3N4O. The van der Waals surface area contributed by atoms with Crippen LogP contribution in [0.4, 0.5) is 13.2 Å². The van der Waals surface area contributed by atoms with Crippen molar-refractivity contribution < 1.29 is 18.0 Å². The molecular weight excluding hydrogens is 285 g/mol. The molecule has 1 amide bonds. The van der Waals surface area contributed by atoms with E-state index in [9.17, 15) is 18.0 Å². The molecule has 3 heterocycles. The second-order valence-corrected chi connectivity index (χ2v) is 4.87. The van der Waals surface area contributed by atoms with Crippen LogP contribution in [0.1, 0.15) is 10.4 Å². The summed E-state index contributed by atoms with van der Waals surface area (Å²) in [5, 5.41) is 2.67. The number of nitrogens with one attached hydrogen (secondary N) is 1. The van der Waals surface area contributed by atoms with Crippen molar-refractivity contribution in [1.82, 2.24) is 19.6 Å². The molecule has 21 heavy (non-hydrogen) atoms. The molecule has 0 saturated carbocycles.